The Bertz CT molecular complexity index is 152. The van der Waals surface area contributed by atoms with Crippen molar-refractivity contribution in [3.63, 3.8) is 0 Å². The van der Waals surface area contributed by atoms with E-state index < -0.39 is 5.60 Å². The van der Waals surface area contributed by atoms with E-state index in [4.69, 9.17) is 0 Å². The zero-order valence-corrected chi connectivity index (χ0v) is 12.4. The smallest absolute Gasteiger partial charge is 0.0619 e. The van der Waals surface area contributed by atoms with Gasteiger partial charge in [-0.3, -0.25) is 0 Å². The molecule has 0 heterocycles. The van der Waals surface area contributed by atoms with Gasteiger partial charge in [-0.1, -0.05) is 78.1 Å². The van der Waals surface area contributed by atoms with Crippen LogP contribution in [0.15, 0.2) is 0 Å². The van der Waals surface area contributed by atoms with Gasteiger partial charge in [0.15, 0.2) is 0 Å². The van der Waals surface area contributed by atoms with Crippen LogP contribution in [-0.4, -0.2) is 10.7 Å². The quantitative estimate of drug-likeness (QED) is 0.451. The van der Waals surface area contributed by atoms with E-state index in [2.05, 4.69) is 13.8 Å². The van der Waals surface area contributed by atoms with Crippen LogP contribution in [0.3, 0.4) is 0 Å². The lowest BCUT2D eigenvalue weighted by atomic mass is 9.92. The molecular formula is C16H34O. The molecule has 0 aromatic rings. The molecule has 0 rings (SSSR count). The van der Waals surface area contributed by atoms with Gasteiger partial charge in [0.1, 0.15) is 0 Å². The Morgan fingerprint density at radius 3 is 1.53 bits per heavy atom. The van der Waals surface area contributed by atoms with Crippen molar-refractivity contribution >= 4 is 0 Å². The molecule has 0 aromatic carbocycles. The van der Waals surface area contributed by atoms with Crippen LogP contribution in [0.4, 0.5) is 0 Å². The lowest BCUT2D eigenvalue weighted by molar-refractivity contribution is 0.0367. The fourth-order valence-corrected chi connectivity index (χ4v) is 2.34. The highest BCUT2D eigenvalue weighted by molar-refractivity contribution is 4.72. The molecule has 0 saturated heterocycles. The van der Waals surface area contributed by atoms with Gasteiger partial charge in [-0.25, -0.2) is 0 Å². The zero-order valence-electron chi connectivity index (χ0n) is 12.4. The summed E-state index contributed by atoms with van der Waals surface area (Å²) in [5.74, 6) is 0. The van der Waals surface area contributed by atoms with Crippen LogP contribution in [0, 0.1) is 0 Å². The first-order valence-corrected chi connectivity index (χ1v) is 7.84. The molecule has 0 aromatic heterocycles. The third-order valence-electron chi connectivity index (χ3n) is 3.64. The second kappa shape index (κ2) is 11.1. The van der Waals surface area contributed by atoms with Crippen LogP contribution in [0.2, 0.25) is 0 Å². The van der Waals surface area contributed by atoms with Gasteiger partial charge in [-0.2, -0.15) is 0 Å². The van der Waals surface area contributed by atoms with Crippen molar-refractivity contribution in [1.29, 1.82) is 0 Å². The highest BCUT2D eigenvalue weighted by atomic mass is 16.3. The van der Waals surface area contributed by atoms with Gasteiger partial charge in [-0.05, 0) is 19.8 Å². The van der Waals surface area contributed by atoms with Crippen molar-refractivity contribution in [2.75, 3.05) is 0 Å². The average Bonchev–Trinajstić information content (AvgIpc) is 2.28. The fraction of sp³-hybridized carbons (Fsp3) is 1.00. The summed E-state index contributed by atoms with van der Waals surface area (Å²) < 4.78 is 0. The van der Waals surface area contributed by atoms with Crippen molar-refractivity contribution in [2.24, 2.45) is 0 Å². The molecule has 0 amide bonds. The maximum Gasteiger partial charge on any atom is 0.0619 e. The molecule has 1 heteroatoms. The first-order valence-electron chi connectivity index (χ1n) is 7.84. The second-order valence-corrected chi connectivity index (χ2v) is 5.83. The fourth-order valence-electron chi connectivity index (χ4n) is 2.34. The summed E-state index contributed by atoms with van der Waals surface area (Å²) in [6.45, 7) is 6.48. The van der Waals surface area contributed by atoms with Crippen molar-refractivity contribution in [1.82, 2.24) is 0 Å². The molecule has 0 aliphatic rings. The van der Waals surface area contributed by atoms with Gasteiger partial charge in [-0.15, -0.1) is 0 Å². The Morgan fingerprint density at radius 2 is 1.00 bits per heavy atom. The molecule has 1 nitrogen and oxygen atoms in total. The summed E-state index contributed by atoms with van der Waals surface area (Å²) in [6, 6.07) is 0. The summed E-state index contributed by atoms with van der Waals surface area (Å²) in [7, 11) is 0. The van der Waals surface area contributed by atoms with E-state index in [1.807, 2.05) is 6.92 Å². The number of unbranched alkanes of at least 4 members (excludes halogenated alkanes) is 8. The van der Waals surface area contributed by atoms with Crippen molar-refractivity contribution < 1.29 is 5.11 Å². The molecule has 0 fully saturated rings. The monoisotopic (exact) mass is 242 g/mol. The van der Waals surface area contributed by atoms with Crippen LogP contribution in [0.25, 0.3) is 0 Å². The second-order valence-electron chi connectivity index (χ2n) is 5.83. The highest BCUT2D eigenvalue weighted by Gasteiger charge is 2.18. The third-order valence-corrected chi connectivity index (χ3v) is 3.64. The van der Waals surface area contributed by atoms with Gasteiger partial charge < -0.3 is 5.11 Å². The molecule has 0 spiro atoms. The van der Waals surface area contributed by atoms with E-state index in [9.17, 15) is 5.11 Å². The molecule has 104 valence electrons. The first-order chi connectivity index (χ1) is 8.12. The van der Waals surface area contributed by atoms with E-state index in [0.717, 1.165) is 12.8 Å². The number of rotatable bonds is 12. The van der Waals surface area contributed by atoms with Crippen LogP contribution in [0.1, 0.15) is 97.8 Å². The van der Waals surface area contributed by atoms with E-state index in [0.29, 0.717) is 0 Å². The zero-order chi connectivity index (χ0) is 13.0. The van der Waals surface area contributed by atoms with Crippen molar-refractivity contribution in [3.8, 4) is 0 Å². The number of hydrogen-bond donors (Lipinski definition) is 1. The van der Waals surface area contributed by atoms with E-state index >= 15 is 0 Å². The van der Waals surface area contributed by atoms with E-state index in [1.165, 1.54) is 64.2 Å². The van der Waals surface area contributed by atoms with Gasteiger partial charge in [0.05, 0.1) is 5.60 Å². The lowest BCUT2D eigenvalue weighted by Gasteiger charge is -2.23. The minimum absolute atomic E-state index is 0.404. The van der Waals surface area contributed by atoms with Gasteiger partial charge in [0.25, 0.3) is 0 Å². The largest absolute Gasteiger partial charge is 0.390 e. The Hall–Kier alpha value is -0.0400. The number of aliphatic hydroxyl groups is 1. The van der Waals surface area contributed by atoms with Gasteiger partial charge >= 0.3 is 0 Å². The minimum atomic E-state index is -0.404. The predicted molar refractivity (Wildman–Crippen MR) is 77.4 cm³/mol. The first kappa shape index (κ1) is 17.0. The number of hydrogen-bond acceptors (Lipinski definition) is 1. The molecule has 0 radical (unpaired) electrons. The van der Waals surface area contributed by atoms with Crippen molar-refractivity contribution in [3.05, 3.63) is 0 Å². The summed E-state index contributed by atoms with van der Waals surface area (Å²) >= 11 is 0. The minimum Gasteiger partial charge on any atom is -0.390 e. The molecule has 0 aliphatic heterocycles. The summed E-state index contributed by atoms with van der Waals surface area (Å²) in [6.07, 6.45) is 15.0. The Kier molecular flexibility index (Phi) is 11.0. The van der Waals surface area contributed by atoms with Gasteiger partial charge in [0.2, 0.25) is 0 Å². The molecule has 0 saturated carbocycles. The van der Waals surface area contributed by atoms with Crippen molar-refractivity contribution in [2.45, 2.75) is 103 Å². The van der Waals surface area contributed by atoms with E-state index in [-0.39, 0.29) is 0 Å². The molecule has 1 N–H and O–H groups in total. The molecule has 1 atom stereocenters. The Morgan fingerprint density at radius 1 is 0.647 bits per heavy atom. The van der Waals surface area contributed by atoms with Gasteiger partial charge in [0, 0.05) is 0 Å². The average molecular weight is 242 g/mol. The molecule has 0 bridgehead atoms. The topological polar surface area (TPSA) is 20.2 Å². The standard InChI is InChI=1S/C16H34O/c1-4-6-8-9-10-11-13-15-16(3,17)14-12-7-5-2/h17H,4-15H2,1-3H3. The van der Waals surface area contributed by atoms with Crippen LogP contribution < -0.4 is 0 Å². The molecule has 0 aliphatic carbocycles. The molecule has 1 unspecified atom stereocenters. The Labute approximate surface area is 109 Å². The highest BCUT2D eigenvalue weighted by Crippen LogP contribution is 2.22. The molecule has 17 heavy (non-hydrogen) atoms. The predicted octanol–water partition coefficient (Wildman–Crippen LogP) is 5.46. The summed E-state index contributed by atoms with van der Waals surface area (Å²) in [4.78, 5) is 0. The van der Waals surface area contributed by atoms with Crippen LogP contribution in [-0.2, 0) is 0 Å². The third kappa shape index (κ3) is 12.2. The summed E-state index contributed by atoms with van der Waals surface area (Å²) in [5, 5.41) is 10.2. The Balaban J connectivity index is 3.32. The van der Waals surface area contributed by atoms with Crippen LogP contribution in [0.5, 0.6) is 0 Å². The SMILES string of the molecule is CCCCCCCCCC(C)(O)CCCCC. The van der Waals surface area contributed by atoms with E-state index in [1.54, 1.807) is 0 Å². The van der Waals surface area contributed by atoms with Crippen LogP contribution >= 0.6 is 0 Å². The molecular weight excluding hydrogens is 208 g/mol. The lowest BCUT2D eigenvalue weighted by Crippen LogP contribution is -2.23. The summed E-state index contributed by atoms with van der Waals surface area (Å²) in [5.41, 5.74) is -0.404. The maximum atomic E-state index is 10.2. The normalized spacial score (nSPS) is 14.8. The maximum absolute atomic E-state index is 10.2.